The van der Waals surface area contributed by atoms with Crippen LogP contribution in [0.25, 0.3) is 0 Å². The van der Waals surface area contributed by atoms with Crippen molar-refractivity contribution < 1.29 is 9.50 Å². The second kappa shape index (κ2) is 2.91. The predicted molar refractivity (Wildman–Crippen MR) is 42.2 cm³/mol. The number of hydrogen-bond donors (Lipinski definition) is 1. The number of aromatic hydroxyl groups is 1. The predicted octanol–water partition coefficient (Wildman–Crippen LogP) is 2.65. The lowest BCUT2D eigenvalue weighted by Crippen LogP contribution is -1.87. The molecule has 0 radical (unpaired) electrons. The molecule has 0 aliphatic heterocycles. The smallest absolute Gasteiger partial charge is 0.165 e. The van der Waals surface area contributed by atoms with Gasteiger partial charge in [-0.05, 0) is 23.6 Å². The highest BCUT2D eigenvalue weighted by atomic mass is 19.1. The van der Waals surface area contributed by atoms with Crippen LogP contribution >= 0.6 is 0 Å². The van der Waals surface area contributed by atoms with Gasteiger partial charge in [-0.3, -0.25) is 0 Å². The summed E-state index contributed by atoms with van der Waals surface area (Å²) in [6.07, 6.45) is 0. The number of rotatable bonds is 1. The normalized spacial score (nSPS) is 10.5. The SMILES string of the molecule is CC(C)c1ccc(O)c(F)c1. The minimum absolute atomic E-state index is 0.283. The molecule has 0 spiro atoms. The van der Waals surface area contributed by atoms with Gasteiger partial charge in [0.1, 0.15) is 0 Å². The molecule has 1 nitrogen and oxygen atoms in total. The summed E-state index contributed by atoms with van der Waals surface area (Å²) in [5.41, 5.74) is 0.903. The molecule has 1 N–H and O–H groups in total. The molecule has 0 bridgehead atoms. The van der Waals surface area contributed by atoms with E-state index in [0.29, 0.717) is 5.92 Å². The molecule has 0 atom stereocenters. The fourth-order valence-corrected chi connectivity index (χ4v) is 0.882. The number of hydrogen-bond acceptors (Lipinski definition) is 1. The first-order valence-corrected chi connectivity index (χ1v) is 3.59. The van der Waals surface area contributed by atoms with Crippen molar-refractivity contribution >= 4 is 0 Å². The maximum absolute atomic E-state index is 12.7. The van der Waals surface area contributed by atoms with E-state index in [1.165, 1.54) is 12.1 Å². The van der Waals surface area contributed by atoms with Crippen molar-refractivity contribution in [2.45, 2.75) is 19.8 Å². The third-order valence-electron chi connectivity index (χ3n) is 1.64. The Morgan fingerprint density at radius 1 is 1.36 bits per heavy atom. The highest BCUT2D eigenvalue weighted by Gasteiger charge is 2.03. The molecule has 1 rings (SSSR count). The van der Waals surface area contributed by atoms with Crippen molar-refractivity contribution in [3.8, 4) is 5.75 Å². The van der Waals surface area contributed by atoms with Crippen molar-refractivity contribution in [2.75, 3.05) is 0 Å². The number of halogens is 1. The van der Waals surface area contributed by atoms with Crippen LogP contribution in [-0.2, 0) is 0 Å². The zero-order chi connectivity index (χ0) is 8.43. The van der Waals surface area contributed by atoms with Crippen molar-refractivity contribution in [2.24, 2.45) is 0 Å². The topological polar surface area (TPSA) is 20.2 Å². The molecule has 1 aromatic rings. The maximum Gasteiger partial charge on any atom is 0.165 e. The van der Waals surface area contributed by atoms with E-state index in [1.807, 2.05) is 13.8 Å². The Morgan fingerprint density at radius 2 is 2.00 bits per heavy atom. The highest BCUT2D eigenvalue weighted by molar-refractivity contribution is 5.29. The molecular formula is C9H11FO. The van der Waals surface area contributed by atoms with Gasteiger partial charge in [-0.1, -0.05) is 19.9 Å². The summed E-state index contributed by atoms with van der Waals surface area (Å²) in [6.45, 7) is 3.96. The second-order valence-electron chi connectivity index (χ2n) is 2.87. The first kappa shape index (κ1) is 8.05. The van der Waals surface area contributed by atoms with E-state index < -0.39 is 5.82 Å². The van der Waals surface area contributed by atoms with Gasteiger partial charge in [0, 0.05) is 0 Å². The van der Waals surface area contributed by atoms with Crippen LogP contribution in [0, 0.1) is 5.82 Å². The van der Waals surface area contributed by atoms with Crippen molar-refractivity contribution in [3.63, 3.8) is 0 Å². The summed E-state index contributed by atoms with van der Waals surface area (Å²) in [5, 5.41) is 8.85. The van der Waals surface area contributed by atoms with E-state index in [1.54, 1.807) is 6.07 Å². The minimum atomic E-state index is -0.545. The van der Waals surface area contributed by atoms with Crippen molar-refractivity contribution in [3.05, 3.63) is 29.6 Å². The zero-order valence-electron chi connectivity index (χ0n) is 6.63. The van der Waals surface area contributed by atoms with Gasteiger partial charge in [-0.2, -0.15) is 0 Å². The quantitative estimate of drug-likeness (QED) is 0.659. The summed E-state index contributed by atoms with van der Waals surface area (Å²) >= 11 is 0. The van der Waals surface area contributed by atoms with Gasteiger partial charge < -0.3 is 5.11 Å². The molecule has 0 aromatic heterocycles. The summed E-state index contributed by atoms with van der Waals surface area (Å²) < 4.78 is 12.7. The third kappa shape index (κ3) is 1.70. The van der Waals surface area contributed by atoms with Crippen LogP contribution in [0.4, 0.5) is 4.39 Å². The number of phenols is 1. The second-order valence-corrected chi connectivity index (χ2v) is 2.87. The molecule has 11 heavy (non-hydrogen) atoms. The van der Waals surface area contributed by atoms with Crippen molar-refractivity contribution in [1.82, 2.24) is 0 Å². The molecule has 0 aliphatic rings. The van der Waals surface area contributed by atoms with Gasteiger partial charge in [0.15, 0.2) is 11.6 Å². The van der Waals surface area contributed by atoms with Crippen LogP contribution in [0.5, 0.6) is 5.75 Å². The summed E-state index contributed by atoms with van der Waals surface area (Å²) in [5.74, 6) is -0.532. The van der Waals surface area contributed by atoms with E-state index in [4.69, 9.17) is 5.11 Å². The van der Waals surface area contributed by atoms with Crippen LogP contribution in [0.1, 0.15) is 25.3 Å². The summed E-state index contributed by atoms with van der Waals surface area (Å²) in [7, 11) is 0. The monoisotopic (exact) mass is 154 g/mol. The first-order chi connectivity index (χ1) is 5.11. The fraction of sp³-hybridized carbons (Fsp3) is 0.333. The average molecular weight is 154 g/mol. The number of benzene rings is 1. The average Bonchev–Trinajstić information content (AvgIpc) is 1.94. The molecule has 60 valence electrons. The Kier molecular flexibility index (Phi) is 2.13. The van der Waals surface area contributed by atoms with E-state index in [0.717, 1.165) is 5.56 Å². The van der Waals surface area contributed by atoms with Gasteiger partial charge >= 0.3 is 0 Å². The van der Waals surface area contributed by atoms with E-state index in [9.17, 15) is 4.39 Å². The van der Waals surface area contributed by atoms with Crippen LogP contribution in [0.3, 0.4) is 0 Å². The van der Waals surface area contributed by atoms with E-state index in [-0.39, 0.29) is 5.75 Å². The largest absolute Gasteiger partial charge is 0.505 e. The molecule has 0 unspecified atom stereocenters. The lowest BCUT2D eigenvalue weighted by Gasteiger charge is -2.04. The van der Waals surface area contributed by atoms with Gasteiger partial charge in [0.2, 0.25) is 0 Å². The van der Waals surface area contributed by atoms with Crippen molar-refractivity contribution in [1.29, 1.82) is 0 Å². The minimum Gasteiger partial charge on any atom is -0.505 e. The van der Waals surface area contributed by atoms with Crippen LogP contribution < -0.4 is 0 Å². The molecule has 0 saturated carbocycles. The molecule has 0 aliphatic carbocycles. The summed E-state index contributed by atoms with van der Waals surface area (Å²) in [6, 6.07) is 4.47. The van der Waals surface area contributed by atoms with E-state index in [2.05, 4.69) is 0 Å². The highest BCUT2D eigenvalue weighted by Crippen LogP contribution is 2.21. The third-order valence-corrected chi connectivity index (χ3v) is 1.64. The molecule has 0 heterocycles. The lowest BCUT2D eigenvalue weighted by atomic mass is 10.0. The van der Waals surface area contributed by atoms with Gasteiger partial charge in [-0.15, -0.1) is 0 Å². The first-order valence-electron chi connectivity index (χ1n) is 3.59. The standard InChI is InChI=1S/C9H11FO/c1-6(2)7-3-4-9(11)8(10)5-7/h3-6,11H,1-2H3. The fourth-order valence-electron chi connectivity index (χ4n) is 0.882. The van der Waals surface area contributed by atoms with Crippen LogP contribution in [-0.4, -0.2) is 5.11 Å². The van der Waals surface area contributed by atoms with Crippen LogP contribution in [0.2, 0.25) is 0 Å². The molecule has 2 heteroatoms. The van der Waals surface area contributed by atoms with Gasteiger partial charge in [0.05, 0.1) is 0 Å². The van der Waals surface area contributed by atoms with Gasteiger partial charge in [-0.25, -0.2) is 4.39 Å². The lowest BCUT2D eigenvalue weighted by molar-refractivity contribution is 0.431. The van der Waals surface area contributed by atoms with E-state index >= 15 is 0 Å². The van der Waals surface area contributed by atoms with Gasteiger partial charge in [0.25, 0.3) is 0 Å². The maximum atomic E-state index is 12.7. The molecule has 1 aromatic carbocycles. The Balaban J connectivity index is 3.05. The van der Waals surface area contributed by atoms with Crippen LogP contribution in [0.15, 0.2) is 18.2 Å². The molecular weight excluding hydrogens is 143 g/mol. The Labute approximate surface area is 65.5 Å². The number of phenolic OH excluding ortho intramolecular Hbond substituents is 1. The molecule has 0 amide bonds. The summed E-state index contributed by atoms with van der Waals surface area (Å²) in [4.78, 5) is 0. The Bertz CT molecular complexity index is 256. The molecule has 0 fully saturated rings. The molecule has 0 saturated heterocycles. The Morgan fingerprint density at radius 3 is 2.45 bits per heavy atom. The zero-order valence-corrected chi connectivity index (χ0v) is 6.63. The Hall–Kier alpha value is -1.05.